The zero-order valence-electron chi connectivity index (χ0n) is 17.1. The van der Waals surface area contributed by atoms with Crippen LogP contribution in [0.4, 0.5) is 0 Å². The molecule has 0 bridgehead atoms. The van der Waals surface area contributed by atoms with E-state index in [0.29, 0.717) is 36.0 Å². The SMILES string of the molecule is COc1ccc(-c2noc(Cn3cc(S(=O)(=O)N4CCCC4)ccc3=O)n2)cc1OC. The van der Waals surface area contributed by atoms with Gasteiger partial charge in [0, 0.05) is 30.9 Å². The highest BCUT2D eigenvalue weighted by atomic mass is 32.2. The highest BCUT2D eigenvalue weighted by molar-refractivity contribution is 7.89. The van der Waals surface area contributed by atoms with E-state index in [1.54, 1.807) is 25.3 Å². The maximum atomic E-state index is 12.8. The Kier molecular flexibility index (Phi) is 5.79. The Morgan fingerprint density at radius 1 is 1.06 bits per heavy atom. The molecule has 10 nitrogen and oxygen atoms in total. The lowest BCUT2D eigenvalue weighted by Crippen LogP contribution is -2.29. The molecule has 1 aromatic carbocycles. The molecule has 0 radical (unpaired) electrons. The fraction of sp³-hybridized carbons (Fsp3) is 0.350. The fourth-order valence-electron chi connectivity index (χ4n) is 3.42. The predicted molar refractivity (Wildman–Crippen MR) is 111 cm³/mol. The summed E-state index contributed by atoms with van der Waals surface area (Å²) in [5.41, 5.74) is 0.275. The van der Waals surface area contributed by atoms with Crippen molar-refractivity contribution < 1.29 is 22.4 Å². The monoisotopic (exact) mass is 446 g/mol. The molecule has 0 amide bonds. The van der Waals surface area contributed by atoms with Gasteiger partial charge in [-0.25, -0.2) is 8.42 Å². The standard InChI is InChI=1S/C20H22N4O6S/c1-28-16-7-5-14(11-17(16)29-2)20-21-18(30-22-20)13-23-12-15(6-8-19(23)25)31(26,27)24-9-3-4-10-24/h5-8,11-12H,3-4,9-10,13H2,1-2H3. The second-order valence-electron chi connectivity index (χ2n) is 7.02. The van der Waals surface area contributed by atoms with Crippen molar-refractivity contribution in [3.63, 3.8) is 0 Å². The summed E-state index contributed by atoms with van der Waals surface area (Å²) in [6.07, 6.45) is 2.98. The van der Waals surface area contributed by atoms with E-state index in [0.717, 1.165) is 12.8 Å². The summed E-state index contributed by atoms with van der Waals surface area (Å²) in [6, 6.07) is 7.75. The van der Waals surface area contributed by atoms with Crippen LogP contribution in [0.3, 0.4) is 0 Å². The molecule has 0 spiro atoms. The molecule has 3 heterocycles. The number of ether oxygens (including phenoxy) is 2. The third-order valence-electron chi connectivity index (χ3n) is 5.07. The molecule has 1 saturated heterocycles. The van der Waals surface area contributed by atoms with Crippen molar-refractivity contribution in [2.24, 2.45) is 0 Å². The van der Waals surface area contributed by atoms with Gasteiger partial charge in [-0.2, -0.15) is 9.29 Å². The molecule has 0 unspecified atom stereocenters. The van der Waals surface area contributed by atoms with E-state index in [4.69, 9.17) is 14.0 Å². The maximum Gasteiger partial charge on any atom is 0.251 e. The smallest absolute Gasteiger partial charge is 0.251 e. The molecular weight excluding hydrogens is 424 g/mol. The molecule has 11 heteroatoms. The molecule has 4 rings (SSSR count). The highest BCUT2D eigenvalue weighted by Gasteiger charge is 2.27. The van der Waals surface area contributed by atoms with Gasteiger partial charge in [0.1, 0.15) is 6.54 Å². The molecule has 3 aromatic rings. The largest absolute Gasteiger partial charge is 0.493 e. The Labute approximate surface area is 179 Å². The van der Waals surface area contributed by atoms with Gasteiger partial charge in [-0.1, -0.05) is 5.16 Å². The average Bonchev–Trinajstić information content (AvgIpc) is 3.47. The van der Waals surface area contributed by atoms with E-state index in [1.165, 1.54) is 34.3 Å². The first kappa shape index (κ1) is 21.1. The van der Waals surface area contributed by atoms with E-state index < -0.39 is 10.0 Å². The van der Waals surface area contributed by atoms with Crippen LogP contribution < -0.4 is 15.0 Å². The van der Waals surface area contributed by atoms with Crippen molar-refractivity contribution in [1.82, 2.24) is 19.0 Å². The van der Waals surface area contributed by atoms with Gasteiger partial charge in [0.25, 0.3) is 5.56 Å². The van der Waals surface area contributed by atoms with Gasteiger partial charge in [-0.05, 0) is 37.1 Å². The van der Waals surface area contributed by atoms with Crippen LogP contribution in [0, 0.1) is 0 Å². The second-order valence-corrected chi connectivity index (χ2v) is 8.96. The third-order valence-corrected chi connectivity index (χ3v) is 6.96. The van der Waals surface area contributed by atoms with E-state index in [2.05, 4.69) is 10.1 Å². The lowest BCUT2D eigenvalue weighted by Gasteiger charge is -2.16. The minimum absolute atomic E-state index is 0.0531. The first-order valence-corrected chi connectivity index (χ1v) is 11.1. The lowest BCUT2D eigenvalue weighted by atomic mass is 10.2. The Morgan fingerprint density at radius 3 is 2.52 bits per heavy atom. The molecule has 1 fully saturated rings. The normalized spacial score (nSPS) is 14.6. The predicted octanol–water partition coefficient (Wildman–Crippen LogP) is 1.75. The summed E-state index contributed by atoms with van der Waals surface area (Å²) in [4.78, 5) is 16.7. The van der Waals surface area contributed by atoms with Gasteiger partial charge < -0.3 is 18.6 Å². The molecule has 164 valence electrons. The lowest BCUT2D eigenvalue weighted by molar-refractivity contribution is 0.355. The zero-order valence-corrected chi connectivity index (χ0v) is 18.0. The highest BCUT2D eigenvalue weighted by Crippen LogP contribution is 2.31. The van der Waals surface area contributed by atoms with Crippen LogP contribution in [0.2, 0.25) is 0 Å². The Morgan fingerprint density at radius 2 is 1.81 bits per heavy atom. The zero-order chi connectivity index (χ0) is 22.0. The number of pyridine rings is 1. The first-order chi connectivity index (χ1) is 14.9. The van der Waals surface area contributed by atoms with Gasteiger partial charge >= 0.3 is 0 Å². The second kappa shape index (κ2) is 8.52. The number of methoxy groups -OCH3 is 2. The summed E-state index contributed by atoms with van der Waals surface area (Å²) < 4.78 is 44.0. The number of sulfonamides is 1. The average molecular weight is 446 g/mol. The Balaban J connectivity index is 1.60. The molecule has 0 N–H and O–H groups in total. The molecule has 0 saturated carbocycles. The topological polar surface area (TPSA) is 117 Å². The van der Waals surface area contributed by atoms with E-state index in [9.17, 15) is 13.2 Å². The molecule has 0 atom stereocenters. The van der Waals surface area contributed by atoms with Crippen molar-refractivity contribution in [3.05, 3.63) is 52.8 Å². The Bertz CT molecular complexity index is 1240. The van der Waals surface area contributed by atoms with Crippen LogP contribution in [0.1, 0.15) is 18.7 Å². The summed E-state index contributed by atoms with van der Waals surface area (Å²) in [6.45, 7) is 0.919. The summed E-state index contributed by atoms with van der Waals surface area (Å²) in [7, 11) is -0.573. The molecular formula is C20H22N4O6S. The number of hydrogen-bond acceptors (Lipinski definition) is 8. The van der Waals surface area contributed by atoms with Gasteiger partial charge in [-0.15, -0.1) is 0 Å². The number of hydrogen-bond donors (Lipinski definition) is 0. The summed E-state index contributed by atoms with van der Waals surface area (Å²) >= 11 is 0. The Hall–Kier alpha value is -3.18. The quantitative estimate of drug-likeness (QED) is 0.539. The third kappa shape index (κ3) is 4.19. The number of benzene rings is 1. The van der Waals surface area contributed by atoms with Crippen LogP contribution in [-0.2, 0) is 16.6 Å². The maximum absolute atomic E-state index is 12.8. The van der Waals surface area contributed by atoms with Crippen LogP contribution in [0.25, 0.3) is 11.4 Å². The van der Waals surface area contributed by atoms with Gasteiger partial charge in [0.2, 0.25) is 21.7 Å². The minimum Gasteiger partial charge on any atom is -0.493 e. The van der Waals surface area contributed by atoms with Gasteiger partial charge in [-0.3, -0.25) is 4.79 Å². The van der Waals surface area contributed by atoms with Crippen molar-refractivity contribution in [3.8, 4) is 22.9 Å². The van der Waals surface area contributed by atoms with Crippen molar-refractivity contribution in [1.29, 1.82) is 0 Å². The minimum atomic E-state index is -3.64. The first-order valence-electron chi connectivity index (χ1n) is 9.68. The molecule has 0 aliphatic carbocycles. The van der Waals surface area contributed by atoms with Crippen molar-refractivity contribution in [2.75, 3.05) is 27.3 Å². The van der Waals surface area contributed by atoms with E-state index in [-0.39, 0.29) is 22.9 Å². The van der Waals surface area contributed by atoms with E-state index >= 15 is 0 Å². The van der Waals surface area contributed by atoms with Crippen LogP contribution >= 0.6 is 0 Å². The molecule has 31 heavy (non-hydrogen) atoms. The molecule has 1 aliphatic heterocycles. The summed E-state index contributed by atoms with van der Waals surface area (Å²) in [5.74, 6) is 1.56. The number of rotatable bonds is 7. The van der Waals surface area contributed by atoms with Crippen LogP contribution in [0.15, 0.2) is 50.7 Å². The van der Waals surface area contributed by atoms with Gasteiger partial charge in [0.15, 0.2) is 11.5 Å². The van der Waals surface area contributed by atoms with Crippen molar-refractivity contribution in [2.45, 2.75) is 24.3 Å². The van der Waals surface area contributed by atoms with Gasteiger partial charge in [0.05, 0.1) is 19.1 Å². The van der Waals surface area contributed by atoms with Crippen molar-refractivity contribution >= 4 is 10.0 Å². The fourth-order valence-corrected chi connectivity index (χ4v) is 4.96. The summed E-state index contributed by atoms with van der Waals surface area (Å²) in [5, 5.41) is 3.95. The number of aromatic nitrogens is 3. The number of nitrogens with zero attached hydrogens (tertiary/aromatic N) is 4. The van der Waals surface area contributed by atoms with Crippen LogP contribution in [0.5, 0.6) is 11.5 Å². The van der Waals surface area contributed by atoms with Crippen LogP contribution in [-0.4, -0.2) is 54.7 Å². The van der Waals surface area contributed by atoms with E-state index in [1.807, 2.05) is 0 Å². The molecule has 2 aromatic heterocycles. The molecule has 1 aliphatic rings.